The quantitative estimate of drug-likeness (QED) is 0.865. The minimum Gasteiger partial charge on any atom is -0.395 e. The van der Waals surface area contributed by atoms with Crippen molar-refractivity contribution in [2.24, 2.45) is 0 Å². The van der Waals surface area contributed by atoms with Crippen molar-refractivity contribution in [3.8, 4) is 0 Å². The Kier molecular flexibility index (Phi) is 3.49. The molecule has 1 fully saturated rings. The molecular weight excluding hydrogens is 278 g/mol. The van der Waals surface area contributed by atoms with Crippen molar-refractivity contribution in [1.82, 2.24) is 14.3 Å². The molecule has 1 saturated carbocycles. The van der Waals surface area contributed by atoms with Crippen molar-refractivity contribution in [1.29, 1.82) is 0 Å². The Balaban J connectivity index is 2.05. The Morgan fingerprint density at radius 3 is 2.90 bits per heavy atom. The smallest absolute Gasteiger partial charge is 0.245 e. The molecule has 0 atom stereocenters. The summed E-state index contributed by atoms with van der Waals surface area (Å²) in [4.78, 5) is 7.24. The molecule has 3 rings (SSSR count). The molecule has 1 aliphatic rings. The fraction of sp³-hybridized carbons (Fsp3) is 0.462. The lowest BCUT2D eigenvalue weighted by Gasteiger charge is -2.36. The van der Waals surface area contributed by atoms with E-state index < -0.39 is 10.0 Å². The van der Waals surface area contributed by atoms with E-state index in [9.17, 15) is 8.42 Å². The summed E-state index contributed by atoms with van der Waals surface area (Å²) < 4.78 is 27.0. The van der Waals surface area contributed by atoms with E-state index in [1.165, 1.54) is 10.5 Å². The second-order valence-electron chi connectivity index (χ2n) is 4.98. The number of nitrogens with one attached hydrogen (secondary N) is 1. The van der Waals surface area contributed by atoms with Gasteiger partial charge in [-0.2, -0.15) is 4.31 Å². The molecule has 6 nitrogen and oxygen atoms in total. The van der Waals surface area contributed by atoms with Gasteiger partial charge in [0.15, 0.2) is 0 Å². The molecule has 0 amide bonds. The average Bonchev–Trinajstić information content (AvgIpc) is 2.80. The van der Waals surface area contributed by atoms with E-state index in [0.29, 0.717) is 11.0 Å². The molecule has 0 aliphatic heterocycles. The van der Waals surface area contributed by atoms with E-state index in [1.807, 2.05) is 0 Å². The van der Waals surface area contributed by atoms with Gasteiger partial charge in [-0.05, 0) is 25.0 Å². The Morgan fingerprint density at radius 2 is 2.25 bits per heavy atom. The topological polar surface area (TPSA) is 86.3 Å². The van der Waals surface area contributed by atoms with Gasteiger partial charge in [-0.3, -0.25) is 0 Å². The van der Waals surface area contributed by atoms with E-state index in [4.69, 9.17) is 5.11 Å². The largest absolute Gasteiger partial charge is 0.395 e. The number of sulfonamides is 1. The lowest BCUT2D eigenvalue weighted by molar-refractivity contribution is 0.178. The highest BCUT2D eigenvalue weighted by Gasteiger charge is 2.35. The molecule has 2 aromatic heterocycles. The third-order valence-electron chi connectivity index (χ3n) is 3.80. The van der Waals surface area contributed by atoms with E-state index in [2.05, 4.69) is 9.97 Å². The number of aliphatic hydroxyl groups excluding tert-OH is 1. The normalized spacial score (nSPS) is 16.7. The zero-order chi connectivity index (χ0) is 14.2. The number of rotatable bonds is 5. The highest BCUT2D eigenvalue weighted by atomic mass is 32.2. The third-order valence-corrected chi connectivity index (χ3v) is 5.79. The molecule has 0 saturated heterocycles. The van der Waals surface area contributed by atoms with E-state index in [1.54, 1.807) is 18.3 Å². The molecule has 2 N–H and O–H groups in total. The molecule has 2 aromatic rings. The molecular formula is C13H17N3O3S. The van der Waals surface area contributed by atoms with Crippen molar-refractivity contribution < 1.29 is 13.5 Å². The minimum absolute atomic E-state index is 0.00812. The number of pyridine rings is 1. The molecule has 0 bridgehead atoms. The summed E-state index contributed by atoms with van der Waals surface area (Å²) in [5.74, 6) is 0. The Labute approximate surface area is 117 Å². The summed E-state index contributed by atoms with van der Waals surface area (Å²) in [5.41, 5.74) is 0.559. The van der Waals surface area contributed by atoms with Gasteiger partial charge in [0, 0.05) is 30.4 Å². The van der Waals surface area contributed by atoms with Crippen molar-refractivity contribution >= 4 is 21.1 Å². The standard InChI is InChI=1S/C13H17N3O3S/c17-8-7-16(10-3-1-4-10)20(18,19)12-9-15-13-11(12)5-2-6-14-13/h2,5-6,9-10,17H,1,3-4,7-8H2,(H,14,15). The van der Waals surface area contributed by atoms with Crippen molar-refractivity contribution in [3.63, 3.8) is 0 Å². The fourth-order valence-corrected chi connectivity index (χ4v) is 4.37. The molecule has 7 heteroatoms. The van der Waals surface area contributed by atoms with Crippen molar-refractivity contribution in [2.75, 3.05) is 13.2 Å². The van der Waals surface area contributed by atoms with Crippen LogP contribution in [0.15, 0.2) is 29.4 Å². The van der Waals surface area contributed by atoms with Crippen LogP contribution in [-0.2, 0) is 10.0 Å². The average molecular weight is 295 g/mol. The zero-order valence-corrected chi connectivity index (χ0v) is 11.8. The summed E-state index contributed by atoms with van der Waals surface area (Å²) in [6.45, 7) is -0.0315. The van der Waals surface area contributed by atoms with Crippen LogP contribution in [0.1, 0.15) is 19.3 Å². The van der Waals surface area contributed by atoms with Crippen LogP contribution in [0.5, 0.6) is 0 Å². The third kappa shape index (κ3) is 2.11. The van der Waals surface area contributed by atoms with Gasteiger partial charge in [0.1, 0.15) is 10.5 Å². The Bertz CT molecular complexity index is 706. The van der Waals surface area contributed by atoms with Gasteiger partial charge < -0.3 is 10.1 Å². The zero-order valence-electron chi connectivity index (χ0n) is 11.0. The highest BCUT2D eigenvalue weighted by molar-refractivity contribution is 7.89. The van der Waals surface area contributed by atoms with Gasteiger partial charge in [0.25, 0.3) is 0 Å². The summed E-state index contributed by atoms with van der Waals surface area (Å²) in [6.07, 6.45) is 5.86. The molecule has 2 heterocycles. The van der Waals surface area contributed by atoms with Gasteiger partial charge in [-0.15, -0.1) is 0 Å². The lowest BCUT2D eigenvalue weighted by atomic mass is 9.93. The molecule has 0 spiro atoms. The predicted octanol–water partition coefficient (Wildman–Crippen LogP) is 1.10. The van der Waals surface area contributed by atoms with Gasteiger partial charge in [-0.25, -0.2) is 13.4 Å². The summed E-state index contributed by atoms with van der Waals surface area (Å²) in [7, 11) is -3.60. The van der Waals surface area contributed by atoms with Crippen LogP contribution in [0.25, 0.3) is 11.0 Å². The van der Waals surface area contributed by atoms with E-state index in [-0.39, 0.29) is 24.1 Å². The summed E-state index contributed by atoms with van der Waals surface area (Å²) in [6, 6.07) is 3.47. The van der Waals surface area contributed by atoms with E-state index in [0.717, 1.165) is 19.3 Å². The van der Waals surface area contributed by atoms with Gasteiger partial charge in [0.2, 0.25) is 10.0 Å². The van der Waals surface area contributed by atoms with Gasteiger partial charge in [-0.1, -0.05) is 6.42 Å². The van der Waals surface area contributed by atoms with Crippen LogP contribution < -0.4 is 0 Å². The molecule has 20 heavy (non-hydrogen) atoms. The van der Waals surface area contributed by atoms with Crippen LogP contribution in [-0.4, -0.2) is 47.0 Å². The Morgan fingerprint density at radius 1 is 1.45 bits per heavy atom. The number of aliphatic hydroxyl groups is 1. The molecule has 0 radical (unpaired) electrons. The number of nitrogens with zero attached hydrogens (tertiary/aromatic N) is 2. The van der Waals surface area contributed by atoms with Crippen LogP contribution in [0.3, 0.4) is 0 Å². The second kappa shape index (κ2) is 5.16. The minimum atomic E-state index is -3.60. The number of aromatic nitrogens is 2. The maximum Gasteiger partial charge on any atom is 0.245 e. The number of aromatic amines is 1. The van der Waals surface area contributed by atoms with Crippen LogP contribution in [0.4, 0.5) is 0 Å². The first-order valence-corrected chi connectivity index (χ1v) is 8.13. The molecule has 0 aromatic carbocycles. The second-order valence-corrected chi connectivity index (χ2v) is 6.84. The lowest BCUT2D eigenvalue weighted by Crippen LogP contribution is -2.45. The van der Waals surface area contributed by atoms with Crippen molar-refractivity contribution in [3.05, 3.63) is 24.5 Å². The highest BCUT2D eigenvalue weighted by Crippen LogP contribution is 2.32. The molecule has 108 valence electrons. The summed E-state index contributed by atoms with van der Waals surface area (Å²) >= 11 is 0. The number of hydrogen-bond acceptors (Lipinski definition) is 4. The summed E-state index contributed by atoms with van der Waals surface area (Å²) in [5, 5.41) is 9.75. The number of hydrogen-bond donors (Lipinski definition) is 2. The first kappa shape index (κ1) is 13.5. The SMILES string of the molecule is O=S(=O)(c1c[nH]c2ncccc12)N(CCO)C1CCC1. The molecule has 0 unspecified atom stereocenters. The molecule has 1 aliphatic carbocycles. The van der Waals surface area contributed by atoms with E-state index >= 15 is 0 Å². The number of fused-ring (bicyclic) bond motifs is 1. The predicted molar refractivity (Wildman–Crippen MR) is 74.7 cm³/mol. The van der Waals surface area contributed by atoms with Gasteiger partial charge in [0.05, 0.1) is 6.61 Å². The maximum absolute atomic E-state index is 12.8. The fourth-order valence-electron chi connectivity index (χ4n) is 2.54. The van der Waals surface area contributed by atoms with Crippen LogP contribution in [0, 0.1) is 0 Å². The first-order valence-electron chi connectivity index (χ1n) is 6.69. The first-order chi connectivity index (χ1) is 9.64. The van der Waals surface area contributed by atoms with Crippen LogP contribution in [0.2, 0.25) is 0 Å². The van der Waals surface area contributed by atoms with Gasteiger partial charge >= 0.3 is 0 Å². The van der Waals surface area contributed by atoms with Crippen LogP contribution >= 0.6 is 0 Å². The van der Waals surface area contributed by atoms with Crippen molar-refractivity contribution in [2.45, 2.75) is 30.2 Å². The monoisotopic (exact) mass is 295 g/mol. The number of H-pyrrole nitrogens is 1. The Hall–Kier alpha value is -1.44. The maximum atomic E-state index is 12.8.